The molecule has 1 fully saturated rings. The Morgan fingerprint density at radius 2 is 1.86 bits per heavy atom. The first kappa shape index (κ1) is 16.3. The Morgan fingerprint density at radius 3 is 2.43 bits per heavy atom. The van der Waals surface area contributed by atoms with Gasteiger partial charge in [0.15, 0.2) is 0 Å². The van der Waals surface area contributed by atoms with E-state index in [0.717, 1.165) is 17.7 Å². The van der Waals surface area contributed by atoms with Crippen molar-refractivity contribution in [2.75, 3.05) is 19.6 Å². The molecule has 3 nitrogen and oxygen atoms in total. The van der Waals surface area contributed by atoms with Crippen molar-refractivity contribution in [3.8, 4) is 5.75 Å². The third kappa shape index (κ3) is 4.21. The molecule has 2 rings (SSSR count). The lowest BCUT2D eigenvalue weighted by atomic mass is 10.0. The van der Waals surface area contributed by atoms with E-state index < -0.39 is 0 Å². The molecule has 0 bridgehead atoms. The molecule has 2 atom stereocenters. The smallest absolute Gasteiger partial charge is 0.120 e. The van der Waals surface area contributed by atoms with Gasteiger partial charge in [-0.3, -0.25) is 4.90 Å². The van der Waals surface area contributed by atoms with Crippen LogP contribution in [0.25, 0.3) is 0 Å². The van der Waals surface area contributed by atoms with Crippen molar-refractivity contribution in [1.29, 1.82) is 0 Å². The second-order valence-electron chi connectivity index (χ2n) is 6.75. The highest BCUT2D eigenvalue weighted by molar-refractivity contribution is 5.37. The van der Waals surface area contributed by atoms with Crippen LogP contribution in [-0.2, 0) is 0 Å². The lowest BCUT2D eigenvalue weighted by molar-refractivity contribution is 0.182. The zero-order valence-electron chi connectivity index (χ0n) is 13.9. The zero-order valence-corrected chi connectivity index (χ0v) is 13.9. The molecule has 0 saturated carbocycles. The first-order chi connectivity index (χ1) is 9.99. The van der Waals surface area contributed by atoms with E-state index in [0.29, 0.717) is 17.7 Å². The number of phenolic OH excluding ortho intramolecular Hbond substituents is 1. The Labute approximate surface area is 129 Å². The highest BCUT2D eigenvalue weighted by Crippen LogP contribution is 2.25. The average Bonchev–Trinajstić information content (AvgIpc) is 2.92. The summed E-state index contributed by atoms with van der Waals surface area (Å²) in [6.07, 6.45) is 2.66. The molecule has 1 saturated heterocycles. The number of benzene rings is 1. The van der Waals surface area contributed by atoms with Gasteiger partial charge in [0.2, 0.25) is 0 Å². The number of aryl methyl sites for hydroxylation is 1. The molecule has 1 aliphatic heterocycles. The maximum absolute atomic E-state index is 10.1. The van der Waals surface area contributed by atoms with Gasteiger partial charge < -0.3 is 10.4 Å². The van der Waals surface area contributed by atoms with Crippen molar-refractivity contribution in [3.05, 3.63) is 29.3 Å². The van der Waals surface area contributed by atoms with Crippen molar-refractivity contribution in [1.82, 2.24) is 10.2 Å². The van der Waals surface area contributed by atoms with Gasteiger partial charge in [-0.15, -0.1) is 0 Å². The maximum Gasteiger partial charge on any atom is 0.120 e. The highest BCUT2D eigenvalue weighted by Gasteiger charge is 2.25. The topological polar surface area (TPSA) is 35.5 Å². The Morgan fingerprint density at radius 1 is 1.19 bits per heavy atom. The molecule has 1 aromatic rings. The van der Waals surface area contributed by atoms with Crippen LogP contribution in [-0.4, -0.2) is 35.7 Å². The SMILES string of the molecule is Cc1ccc(C(C)NCC(C(C)C)N2CCCC2)c(O)c1. The van der Waals surface area contributed by atoms with E-state index in [1.54, 1.807) is 0 Å². The number of aromatic hydroxyl groups is 1. The van der Waals surface area contributed by atoms with Crippen LogP contribution < -0.4 is 5.32 Å². The second kappa shape index (κ2) is 7.28. The summed E-state index contributed by atoms with van der Waals surface area (Å²) in [5, 5.41) is 13.7. The predicted molar refractivity (Wildman–Crippen MR) is 88.7 cm³/mol. The number of nitrogens with one attached hydrogen (secondary N) is 1. The Bertz CT molecular complexity index is 453. The summed E-state index contributed by atoms with van der Waals surface area (Å²) in [5.74, 6) is 1.05. The van der Waals surface area contributed by atoms with Crippen LogP contribution in [0.5, 0.6) is 5.75 Å². The molecule has 1 aliphatic rings. The minimum absolute atomic E-state index is 0.175. The van der Waals surface area contributed by atoms with Crippen molar-refractivity contribution in [2.24, 2.45) is 5.92 Å². The largest absolute Gasteiger partial charge is 0.508 e. The lowest BCUT2D eigenvalue weighted by Gasteiger charge is -2.32. The first-order valence-electron chi connectivity index (χ1n) is 8.26. The molecule has 3 heteroatoms. The minimum atomic E-state index is 0.175. The summed E-state index contributed by atoms with van der Waals surface area (Å²) in [6, 6.07) is 6.70. The second-order valence-corrected chi connectivity index (χ2v) is 6.75. The number of rotatable bonds is 6. The molecule has 1 aromatic carbocycles. The van der Waals surface area contributed by atoms with Gasteiger partial charge in [0, 0.05) is 24.2 Å². The predicted octanol–water partition coefficient (Wildman–Crippen LogP) is 3.47. The molecule has 0 spiro atoms. The van der Waals surface area contributed by atoms with Gasteiger partial charge in [-0.05, 0) is 57.3 Å². The molecule has 0 radical (unpaired) electrons. The van der Waals surface area contributed by atoms with Crippen molar-refractivity contribution in [2.45, 2.75) is 52.6 Å². The van der Waals surface area contributed by atoms with Gasteiger partial charge in [-0.1, -0.05) is 26.0 Å². The zero-order chi connectivity index (χ0) is 15.4. The lowest BCUT2D eigenvalue weighted by Crippen LogP contribution is -2.44. The number of nitrogens with zero attached hydrogens (tertiary/aromatic N) is 1. The number of phenols is 1. The Kier molecular flexibility index (Phi) is 5.65. The quantitative estimate of drug-likeness (QED) is 0.842. The minimum Gasteiger partial charge on any atom is -0.508 e. The summed E-state index contributed by atoms with van der Waals surface area (Å²) >= 11 is 0. The summed E-state index contributed by atoms with van der Waals surface area (Å²) in [5.41, 5.74) is 2.09. The summed E-state index contributed by atoms with van der Waals surface area (Å²) < 4.78 is 0. The average molecular weight is 290 g/mol. The van der Waals surface area contributed by atoms with E-state index in [1.165, 1.54) is 25.9 Å². The van der Waals surface area contributed by atoms with Crippen LogP contribution in [0.4, 0.5) is 0 Å². The van der Waals surface area contributed by atoms with E-state index in [9.17, 15) is 5.11 Å². The van der Waals surface area contributed by atoms with Crippen LogP contribution in [0.3, 0.4) is 0 Å². The van der Waals surface area contributed by atoms with Crippen LogP contribution >= 0.6 is 0 Å². The monoisotopic (exact) mass is 290 g/mol. The molecule has 0 aliphatic carbocycles. The van der Waals surface area contributed by atoms with Crippen molar-refractivity contribution in [3.63, 3.8) is 0 Å². The Hall–Kier alpha value is -1.06. The van der Waals surface area contributed by atoms with Gasteiger partial charge in [-0.2, -0.15) is 0 Å². The van der Waals surface area contributed by atoms with E-state index in [-0.39, 0.29) is 6.04 Å². The number of hydrogen-bond acceptors (Lipinski definition) is 3. The summed E-state index contributed by atoms with van der Waals surface area (Å²) in [4.78, 5) is 2.61. The van der Waals surface area contributed by atoms with Crippen molar-refractivity contribution >= 4 is 0 Å². The summed E-state index contributed by atoms with van der Waals surface area (Å²) in [7, 11) is 0. The van der Waals surface area contributed by atoms with Gasteiger partial charge in [-0.25, -0.2) is 0 Å². The molecule has 2 N–H and O–H groups in total. The van der Waals surface area contributed by atoms with E-state index >= 15 is 0 Å². The fourth-order valence-corrected chi connectivity index (χ4v) is 3.29. The van der Waals surface area contributed by atoms with Crippen LogP contribution in [0.1, 0.15) is 50.8 Å². The van der Waals surface area contributed by atoms with E-state index in [1.807, 2.05) is 19.1 Å². The maximum atomic E-state index is 10.1. The molecule has 1 heterocycles. The number of hydrogen-bond donors (Lipinski definition) is 2. The van der Waals surface area contributed by atoms with E-state index in [4.69, 9.17) is 0 Å². The van der Waals surface area contributed by atoms with Gasteiger partial charge in [0.05, 0.1) is 0 Å². The third-order valence-corrected chi connectivity index (χ3v) is 4.66. The highest BCUT2D eigenvalue weighted by atomic mass is 16.3. The van der Waals surface area contributed by atoms with Crippen LogP contribution in [0.15, 0.2) is 18.2 Å². The number of likely N-dealkylation sites (tertiary alicyclic amines) is 1. The molecule has 0 aromatic heterocycles. The molecule has 118 valence electrons. The van der Waals surface area contributed by atoms with Gasteiger partial charge >= 0.3 is 0 Å². The normalized spacial score (nSPS) is 19.1. The Balaban J connectivity index is 1.96. The third-order valence-electron chi connectivity index (χ3n) is 4.66. The molecular formula is C18H30N2O. The fraction of sp³-hybridized carbons (Fsp3) is 0.667. The molecular weight excluding hydrogens is 260 g/mol. The fourth-order valence-electron chi connectivity index (χ4n) is 3.29. The summed E-state index contributed by atoms with van der Waals surface area (Å²) in [6.45, 7) is 12.2. The van der Waals surface area contributed by atoms with Crippen molar-refractivity contribution < 1.29 is 5.11 Å². The van der Waals surface area contributed by atoms with E-state index in [2.05, 4.69) is 37.1 Å². The molecule has 0 amide bonds. The van der Waals surface area contributed by atoms with Crippen LogP contribution in [0.2, 0.25) is 0 Å². The van der Waals surface area contributed by atoms with Crippen LogP contribution in [0, 0.1) is 12.8 Å². The first-order valence-corrected chi connectivity index (χ1v) is 8.26. The molecule has 2 unspecified atom stereocenters. The molecule has 21 heavy (non-hydrogen) atoms. The van der Waals surface area contributed by atoms with Gasteiger partial charge in [0.1, 0.15) is 5.75 Å². The van der Waals surface area contributed by atoms with Gasteiger partial charge in [0.25, 0.3) is 0 Å². The standard InChI is InChI=1S/C18H30N2O/c1-13(2)17(20-9-5-6-10-20)12-19-15(4)16-8-7-14(3)11-18(16)21/h7-8,11,13,15,17,19,21H,5-6,9-10,12H2,1-4H3.